The molecule has 0 bridgehead atoms. The molecule has 0 spiro atoms. The first-order valence-corrected chi connectivity index (χ1v) is 3.48. The molecule has 0 aromatic rings. The first-order valence-electron chi connectivity index (χ1n) is 3.48. The molecule has 0 heteroatoms. The Morgan fingerprint density at radius 1 is 1.25 bits per heavy atom. The predicted octanol–water partition coefficient (Wildman–Crippen LogP) is 3.28. The van der Waals surface area contributed by atoms with Gasteiger partial charge in [0, 0.05) is 0 Å². The fourth-order valence-electron chi connectivity index (χ4n) is 0.577. The minimum Gasteiger partial charge on any atom is -0.0654 e. The predicted molar refractivity (Wildman–Crippen MR) is 40.8 cm³/mol. The first-order chi connectivity index (χ1) is 3.77. The summed E-state index contributed by atoms with van der Waals surface area (Å²) in [6, 6.07) is 0. The Morgan fingerprint density at radius 2 is 1.62 bits per heavy atom. The second-order valence-electron chi connectivity index (χ2n) is 2.18. The van der Waals surface area contributed by atoms with Crippen LogP contribution in [-0.2, 0) is 0 Å². The molecule has 0 unspecified atom stereocenters. The maximum atomic E-state index is 3.25. The van der Waals surface area contributed by atoms with E-state index >= 15 is 0 Å². The second kappa shape index (κ2) is 10.1. The van der Waals surface area contributed by atoms with E-state index in [1.165, 1.54) is 12.8 Å². The van der Waals surface area contributed by atoms with Crippen molar-refractivity contribution < 1.29 is 0 Å². The molecular formula is C8H19. The molecule has 0 aliphatic carbocycles. The Morgan fingerprint density at radius 3 is 1.62 bits per heavy atom. The van der Waals surface area contributed by atoms with E-state index in [1.807, 2.05) is 0 Å². The highest BCUT2D eigenvalue weighted by molar-refractivity contribution is 4.38. The largest absolute Gasteiger partial charge is 0.0654 e. The SMILES string of the molecule is CCCC(C)C.[CH2]C. The van der Waals surface area contributed by atoms with Gasteiger partial charge >= 0.3 is 0 Å². The van der Waals surface area contributed by atoms with Crippen molar-refractivity contribution in [3.63, 3.8) is 0 Å². The highest BCUT2D eigenvalue weighted by atomic mass is 13.9. The van der Waals surface area contributed by atoms with Crippen molar-refractivity contribution in [2.75, 3.05) is 0 Å². The smallest absolute Gasteiger partial charge is 0.0471 e. The molecule has 0 aliphatic heterocycles. The molecule has 0 rings (SSSR count). The van der Waals surface area contributed by atoms with E-state index in [9.17, 15) is 0 Å². The Hall–Kier alpha value is 0. The van der Waals surface area contributed by atoms with Crippen LogP contribution in [0.3, 0.4) is 0 Å². The van der Waals surface area contributed by atoms with Crippen LogP contribution in [0.5, 0.6) is 0 Å². The second-order valence-corrected chi connectivity index (χ2v) is 2.18. The minimum absolute atomic E-state index is 0.898. The Kier molecular flexibility index (Phi) is 13.7. The fraction of sp³-hybridized carbons (Fsp3) is 0.875. The summed E-state index contributed by atoms with van der Waals surface area (Å²) in [6.07, 6.45) is 2.71. The van der Waals surface area contributed by atoms with Crippen LogP contribution < -0.4 is 0 Å². The van der Waals surface area contributed by atoms with Crippen LogP contribution in [0.2, 0.25) is 0 Å². The maximum Gasteiger partial charge on any atom is -0.0471 e. The zero-order valence-electron chi connectivity index (χ0n) is 6.70. The summed E-state index contributed by atoms with van der Waals surface area (Å²) >= 11 is 0. The Balaban J connectivity index is 0. The van der Waals surface area contributed by atoms with E-state index in [0.29, 0.717) is 0 Å². The van der Waals surface area contributed by atoms with Gasteiger partial charge in [0.25, 0.3) is 0 Å². The van der Waals surface area contributed by atoms with Gasteiger partial charge in [-0.25, -0.2) is 0 Å². The molecule has 0 aliphatic rings. The standard InChI is InChI=1S/C6H14.C2H5/c1-4-5-6(2)3;1-2/h6H,4-5H2,1-3H3;1H2,2H3. The van der Waals surface area contributed by atoms with Crippen molar-refractivity contribution in [3.05, 3.63) is 6.92 Å². The molecule has 0 saturated heterocycles. The van der Waals surface area contributed by atoms with Crippen LogP contribution in [0.15, 0.2) is 0 Å². The third kappa shape index (κ3) is 16.7. The lowest BCUT2D eigenvalue weighted by atomic mass is 10.1. The Labute approximate surface area is 54.3 Å². The lowest BCUT2D eigenvalue weighted by Crippen LogP contribution is -1.81. The summed E-state index contributed by atoms with van der Waals surface area (Å²) < 4.78 is 0. The number of hydrogen-bond donors (Lipinski definition) is 0. The zero-order valence-corrected chi connectivity index (χ0v) is 6.70. The quantitative estimate of drug-likeness (QED) is 0.518. The average molecular weight is 115 g/mol. The van der Waals surface area contributed by atoms with Crippen molar-refractivity contribution >= 4 is 0 Å². The van der Waals surface area contributed by atoms with Crippen LogP contribution in [0.25, 0.3) is 0 Å². The van der Waals surface area contributed by atoms with Gasteiger partial charge in [-0.2, -0.15) is 0 Å². The summed E-state index contributed by atoms with van der Waals surface area (Å²) in [5, 5.41) is 0. The van der Waals surface area contributed by atoms with Gasteiger partial charge in [0.2, 0.25) is 0 Å². The topological polar surface area (TPSA) is 0 Å². The average Bonchev–Trinajstić information content (AvgIpc) is 1.72. The molecule has 0 saturated carbocycles. The lowest BCUT2D eigenvalue weighted by molar-refractivity contribution is 0.576. The van der Waals surface area contributed by atoms with Gasteiger partial charge in [-0.15, -0.1) is 0 Å². The molecule has 0 fully saturated rings. The van der Waals surface area contributed by atoms with Crippen molar-refractivity contribution in [2.24, 2.45) is 5.92 Å². The fourth-order valence-corrected chi connectivity index (χ4v) is 0.577. The molecule has 0 aromatic carbocycles. The number of hydrogen-bond acceptors (Lipinski definition) is 0. The molecule has 0 aromatic heterocycles. The van der Waals surface area contributed by atoms with Crippen LogP contribution >= 0.6 is 0 Å². The van der Waals surface area contributed by atoms with Crippen molar-refractivity contribution in [1.82, 2.24) is 0 Å². The normalized spacial score (nSPS) is 8.25. The monoisotopic (exact) mass is 115 g/mol. The van der Waals surface area contributed by atoms with E-state index in [2.05, 4.69) is 27.7 Å². The van der Waals surface area contributed by atoms with Crippen molar-refractivity contribution in [3.8, 4) is 0 Å². The van der Waals surface area contributed by atoms with Crippen molar-refractivity contribution in [2.45, 2.75) is 40.5 Å². The van der Waals surface area contributed by atoms with Gasteiger partial charge in [-0.3, -0.25) is 0 Å². The third-order valence-electron chi connectivity index (χ3n) is 0.866. The molecule has 0 amide bonds. The van der Waals surface area contributed by atoms with Crippen molar-refractivity contribution in [1.29, 1.82) is 0 Å². The maximum absolute atomic E-state index is 3.25. The molecule has 1 radical (unpaired) electrons. The summed E-state index contributed by atoms with van der Waals surface area (Å²) in [6.45, 7) is 11.7. The van der Waals surface area contributed by atoms with Gasteiger partial charge in [0.05, 0.1) is 0 Å². The molecule has 0 N–H and O–H groups in total. The van der Waals surface area contributed by atoms with Gasteiger partial charge < -0.3 is 0 Å². The van der Waals surface area contributed by atoms with E-state index in [1.54, 1.807) is 6.92 Å². The summed E-state index contributed by atoms with van der Waals surface area (Å²) in [7, 11) is 0. The summed E-state index contributed by atoms with van der Waals surface area (Å²) in [4.78, 5) is 0. The summed E-state index contributed by atoms with van der Waals surface area (Å²) in [5.41, 5.74) is 0. The van der Waals surface area contributed by atoms with Crippen LogP contribution in [0.1, 0.15) is 40.5 Å². The lowest BCUT2D eigenvalue weighted by Gasteiger charge is -1.95. The molecule has 8 heavy (non-hydrogen) atoms. The molecular weight excluding hydrogens is 96.1 g/mol. The van der Waals surface area contributed by atoms with Crippen LogP contribution in [0.4, 0.5) is 0 Å². The van der Waals surface area contributed by atoms with Gasteiger partial charge in [-0.05, 0) is 5.92 Å². The highest BCUT2D eigenvalue weighted by Gasteiger charge is 1.85. The van der Waals surface area contributed by atoms with E-state index in [-0.39, 0.29) is 0 Å². The highest BCUT2D eigenvalue weighted by Crippen LogP contribution is 2.00. The molecule has 0 nitrogen and oxygen atoms in total. The van der Waals surface area contributed by atoms with E-state index < -0.39 is 0 Å². The third-order valence-corrected chi connectivity index (χ3v) is 0.866. The molecule has 0 heterocycles. The Bertz CT molecular complexity index is 21.2. The minimum atomic E-state index is 0.898. The molecule has 51 valence electrons. The number of rotatable bonds is 2. The molecule has 0 atom stereocenters. The van der Waals surface area contributed by atoms with Crippen LogP contribution in [-0.4, -0.2) is 0 Å². The van der Waals surface area contributed by atoms with E-state index in [0.717, 1.165) is 5.92 Å². The first kappa shape index (κ1) is 10.9. The van der Waals surface area contributed by atoms with Gasteiger partial charge in [-0.1, -0.05) is 47.5 Å². The summed E-state index contributed by atoms with van der Waals surface area (Å²) in [5.74, 6) is 0.898. The van der Waals surface area contributed by atoms with E-state index in [4.69, 9.17) is 0 Å². The zero-order chi connectivity index (χ0) is 6.99. The van der Waals surface area contributed by atoms with Crippen LogP contribution in [0, 0.1) is 12.8 Å². The van der Waals surface area contributed by atoms with Gasteiger partial charge in [0.15, 0.2) is 0 Å². The van der Waals surface area contributed by atoms with Gasteiger partial charge in [0.1, 0.15) is 0 Å².